The van der Waals surface area contributed by atoms with Gasteiger partial charge in [-0.2, -0.15) is 0 Å². The predicted molar refractivity (Wildman–Crippen MR) is 77.5 cm³/mol. The van der Waals surface area contributed by atoms with Crippen LogP contribution in [-0.2, 0) is 10.5 Å². The van der Waals surface area contributed by atoms with Gasteiger partial charge in [0.05, 0.1) is 5.75 Å². The van der Waals surface area contributed by atoms with Gasteiger partial charge >= 0.3 is 0 Å². The number of hydrogen-bond donors (Lipinski definition) is 0. The lowest BCUT2D eigenvalue weighted by atomic mass is 10.0. The fraction of sp³-hybridized carbons (Fsp3) is 0.533. The molecule has 0 N–H and O–H groups in total. The Balaban J connectivity index is 1.73. The van der Waals surface area contributed by atoms with E-state index in [4.69, 9.17) is 0 Å². The highest BCUT2D eigenvalue weighted by atomic mass is 32.2. The van der Waals surface area contributed by atoms with Crippen molar-refractivity contribution in [3.05, 3.63) is 35.6 Å². The molecule has 0 saturated carbocycles. The molecule has 1 saturated heterocycles. The highest BCUT2D eigenvalue weighted by molar-refractivity contribution is 7.99. The first-order valence-corrected chi connectivity index (χ1v) is 7.90. The number of rotatable bonds is 4. The quantitative estimate of drug-likeness (QED) is 0.844. The van der Waals surface area contributed by atoms with Gasteiger partial charge in [-0.05, 0) is 36.5 Å². The molecule has 0 radical (unpaired) electrons. The molecule has 1 amide bonds. The maximum Gasteiger partial charge on any atom is 0.232 e. The zero-order valence-electron chi connectivity index (χ0n) is 11.3. The van der Waals surface area contributed by atoms with E-state index in [9.17, 15) is 9.18 Å². The van der Waals surface area contributed by atoms with E-state index in [1.165, 1.54) is 18.6 Å². The zero-order valence-corrected chi connectivity index (χ0v) is 12.1. The van der Waals surface area contributed by atoms with Crippen molar-refractivity contribution in [2.24, 2.45) is 5.92 Å². The number of halogens is 1. The summed E-state index contributed by atoms with van der Waals surface area (Å²) in [4.78, 5) is 14.0. The molecule has 1 aromatic carbocycles. The summed E-state index contributed by atoms with van der Waals surface area (Å²) in [6, 6.07) is 6.47. The van der Waals surface area contributed by atoms with Gasteiger partial charge in [-0.3, -0.25) is 4.79 Å². The molecule has 104 valence electrons. The van der Waals surface area contributed by atoms with E-state index in [-0.39, 0.29) is 11.7 Å². The molecule has 1 aromatic rings. The number of likely N-dealkylation sites (tertiary alicyclic amines) is 1. The summed E-state index contributed by atoms with van der Waals surface area (Å²) in [5, 5.41) is 0. The molecule has 4 heteroatoms. The van der Waals surface area contributed by atoms with Crippen molar-refractivity contribution in [3.8, 4) is 0 Å². The maximum atomic E-state index is 12.7. The monoisotopic (exact) mass is 281 g/mol. The van der Waals surface area contributed by atoms with Gasteiger partial charge in [0.25, 0.3) is 0 Å². The van der Waals surface area contributed by atoms with E-state index in [0.717, 1.165) is 30.8 Å². The van der Waals surface area contributed by atoms with Crippen molar-refractivity contribution in [1.82, 2.24) is 4.90 Å². The van der Waals surface area contributed by atoms with E-state index < -0.39 is 0 Å². The maximum absolute atomic E-state index is 12.7. The number of benzene rings is 1. The zero-order chi connectivity index (χ0) is 13.7. The molecule has 1 atom stereocenters. The highest BCUT2D eigenvalue weighted by Gasteiger charge is 2.20. The number of nitrogens with zero attached hydrogens (tertiary/aromatic N) is 1. The molecule has 0 aliphatic carbocycles. The molecule has 0 unspecified atom stereocenters. The average Bonchev–Trinajstić information content (AvgIpc) is 2.41. The van der Waals surface area contributed by atoms with E-state index in [1.54, 1.807) is 23.9 Å². The first-order valence-electron chi connectivity index (χ1n) is 6.75. The van der Waals surface area contributed by atoms with Gasteiger partial charge in [-0.15, -0.1) is 11.8 Å². The first-order chi connectivity index (χ1) is 9.15. The number of amides is 1. The lowest BCUT2D eigenvalue weighted by Crippen LogP contribution is -2.40. The molecule has 1 aliphatic rings. The van der Waals surface area contributed by atoms with E-state index in [0.29, 0.717) is 11.7 Å². The number of carbonyl (C=O) groups excluding carboxylic acids is 1. The Morgan fingerprint density at radius 3 is 2.84 bits per heavy atom. The van der Waals surface area contributed by atoms with Crippen molar-refractivity contribution >= 4 is 17.7 Å². The van der Waals surface area contributed by atoms with Crippen LogP contribution in [0.2, 0.25) is 0 Å². The lowest BCUT2D eigenvalue weighted by molar-refractivity contribution is -0.130. The fourth-order valence-electron chi connectivity index (χ4n) is 2.34. The Morgan fingerprint density at radius 1 is 1.42 bits per heavy atom. The molecule has 2 nitrogen and oxygen atoms in total. The second-order valence-corrected chi connectivity index (χ2v) is 6.19. The van der Waals surface area contributed by atoms with Crippen molar-refractivity contribution in [2.75, 3.05) is 18.8 Å². The van der Waals surface area contributed by atoms with Crippen LogP contribution in [0, 0.1) is 11.7 Å². The van der Waals surface area contributed by atoms with Crippen LogP contribution in [0.25, 0.3) is 0 Å². The molecule has 1 aliphatic heterocycles. The van der Waals surface area contributed by atoms with Crippen molar-refractivity contribution in [2.45, 2.75) is 25.5 Å². The molecule has 2 rings (SSSR count). The highest BCUT2D eigenvalue weighted by Crippen LogP contribution is 2.18. The second kappa shape index (κ2) is 6.94. The third-order valence-electron chi connectivity index (χ3n) is 3.42. The topological polar surface area (TPSA) is 20.3 Å². The Kier molecular flexibility index (Phi) is 5.25. The lowest BCUT2D eigenvalue weighted by Gasteiger charge is -2.30. The fourth-order valence-corrected chi connectivity index (χ4v) is 3.23. The van der Waals surface area contributed by atoms with Crippen molar-refractivity contribution in [3.63, 3.8) is 0 Å². The summed E-state index contributed by atoms with van der Waals surface area (Å²) in [6.07, 6.45) is 2.35. The van der Waals surface area contributed by atoms with Crippen LogP contribution in [0.1, 0.15) is 25.3 Å². The summed E-state index contributed by atoms with van der Waals surface area (Å²) in [7, 11) is 0. The van der Waals surface area contributed by atoms with Crippen LogP contribution in [0.3, 0.4) is 0 Å². The average molecular weight is 281 g/mol. The Morgan fingerprint density at radius 2 is 2.16 bits per heavy atom. The first kappa shape index (κ1) is 14.4. The van der Waals surface area contributed by atoms with Crippen LogP contribution in [0.5, 0.6) is 0 Å². The van der Waals surface area contributed by atoms with Gasteiger partial charge in [-0.1, -0.05) is 19.1 Å². The van der Waals surface area contributed by atoms with Crippen LogP contribution in [0.15, 0.2) is 24.3 Å². The number of carbonyl (C=O) groups is 1. The molecular formula is C15H20FNOS. The summed E-state index contributed by atoms with van der Waals surface area (Å²) in [5.41, 5.74) is 1.06. The molecule has 1 fully saturated rings. The molecule has 0 bridgehead atoms. The van der Waals surface area contributed by atoms with Gasteiger partial charge < -0.3 is 4.90 Å². The summed E-state index contributed by atoms with van der Waals surface area (Å²) in [6.45, 7) is 4.00. The number of thioether (sulfide) groups is 1. The molecule has 1 heterocycles. The van der Waals surface area contributed by atoms with E-state index in [1.807, 2.05) is 4.90 Å². The Bertz CT molecular complexity index is 421. The van der Waals surface area contributed by atoms with Crippen LogP contribution in [0.4, 0.5) is 4.39 Å². The second-order valence-electron chi connectivity index (χ2n) is 5.21. The minimum absolute atomic E-state index is 0.216. The SMILES string of the molecule is C[C@H]1CCCN(C(=O)CSCc2ccc(F)cc2)C1. The summed E-state index contributed by atoms with van der Waals surface area (Å²) >= 11 is 1.60. The number of piperidine rings is 1. The molecule has 0 spiro atoms. The molecule has 19 heavy (non-hydrogen) atoms. The van der Waals surface area contributed by atoms with Crippen molar-refractivity contribution in [1.29, 1.82) is 0 Å². The third kappa shape index (κ3) is 4.53. The van der Waals surface area contributed by atoms with Gasteiger partial charge in [-0.25, -0.2) is 4.39 Å². The van der Waals surface area contributed by atoms with Crippen molar-refractivity contribution < 1.29 is 9.18 Å². The minimum Gasteiger partial charge on any atom is -0.342 e. The molecular weight excluding hydrogens is 261 g/mol. The standard InChI is InChI=1S/C15H20FNOS/c1-12-3-2-8-17(9-12)15(18)11-19-10-13-4-6-14(16)7-5-13/h4-7,12H,2-3,8-11H2,1H3/t12-/m0/s1. The third-order valence-corrected chi connectivity index (χ3v) is 4.41. The van der Waals surface area contributed by atoms with Gasteiger partial charge in [0, 0.05) is 18.8 Å². The molecule has 0 aromatic heterocycles. The van der Waals surface area contributed by atoms with Crippen LogP contribution in [-0.4, -0.2) is 29.6 Å². The normalized spacial score (nSPS) is 19.5. The van der Waals surface area contributed by atoms with E-state index in [2.05, 4.69) is 6.92 Å². The number of hydrogen-bond acceptors (Lipinski definition) is 2. The Hall–Kier alpha value is -1.03. The van der Waals surface area contributed by atoms with Crippen LogP contribution >= 0.6 is 11.8 Å². The van der Waals surface area contributed by atoms with E-state index >= 15 is 0 Å². The smallest absolute Gasteiger partial charge is 0.232 e. The van der Waals surface area contributed by atoms with Crippen LogP contribution < -0.4 is 0 Å². The largest absolute Gasteiger partial charge is 0.342 e. The predicted octanol–water partition coefficient (Wildman–Crippen LogP) is 3.32. The van der Waals surface area contributed by atoms with Gasteiger partial charge in [0.15, 0.2) is 0 Å². The Labute approximate surface area is 118 Å². The van der Waals surface area contributed by atoms with Gasteiger partial charge in [0.2, 0.25) is 5.91 Å². The van der Waals surface area contributed by atoms with Gasteiger partial charge in [0.1, 0.15) is 5.82 Å². The minimum atomic E-state index is -0.216. The summed E-state index contributed by atoms with van der Waals surface area (Å²) in [5.74, 6) is 1.92. The summed E-state index contributed by atoms with van der Waals surface area (Å²) < 4.78 is 12.7.